The monoisotopic (exact) mass is 288 g/mol. The molecule has 0 unspecified atom stereocenters. The maximum Gasteiger partial charge on any atom is 0.131 e. The highest BCUT2D eigenvalue weighted by molar-refractivity contribution is 6.34. The second kappa shape index (κ2) is 6.96. The number of aryl methyl sites for hydroxylation is 1. The van der Waals surface area contributed by atoms with E-state index in [1.165, 1.54) is 5.56 Å². The predicted octanol–water partition coefficient (Wildman–Crippen LogP) is 3.64. The molecule has 2 aromatic carbocycles. The van der Waals surface area contributed by atoms with Gasteiger partial charge in [0.25, 0.3) is 0 Å². The molecular formula is C16H17ClN2O. The fourth-order valence-electron chi connectivity index (χ4n) is 1.99. The first kappa shape index (κ1) is 14.4. The van der Waals surface area contributed by atoms with E-state index in [0.29, 0.717) is 22.9 Å². The van der Waals surface area contributed by atoms with Crippen LogP contribution in [0.25, 0.3) is 0 Å². The normalized spacial score (nSPS) is 10.2. The number of nitrogen functional groups attached to an aromatic ring is 1. The van der Waals surface area contributed by atoms with Crippen molar-refractivity contribution >= 4 is 17.4 Å². The van der Waals surface area contributed by atoms with Crippen LogP contribution in [0, 0.1) is 5.41 Å². The molecular weight excluding hydrogens is 272 g/mol. The third kappa shape index (κ3) is 3.75. The number of hydrogen-bond donors (Lipinski definition) is 2. The van der Waals surface area contributed by atoms with E-state index in [2.05, 4.69) is 12.1 Å². The van der Waals surface area contributed by atoms with Crippen LogP contribution < -0.4 is 10.5 Å². The zero-order valence-corrected chi connectivity index (χ0v) is 11.9. The summed E-state index contributed by atoms with van der Waals surface area (Å²) in [5.41, 5.74) is 7.28. The number of halogens is 1. The summed E-state index contributed by atoms with van der Waals surface area (Å²) in [5.74, 6) is 0.492. The summed E-state index contributed by atoms with van der Waals surface area (Å²) in [6.07, 6.45) is 1.85. The van der Waals surface area contributed by atoms with Gasteiger partial charge in [-0.25, -0.2) is 0 Å². The Hall–Kier alpha value is -2.00. The van der Waals surface area contributed by atoms with Crippen LogP contribution in [-0.2, 0) is 6.42 Å². The van der Waals surface area contributed by atoms with Gasteiger partial charge in [-0.2, -0.15) is 0 Å². The van der Waals surface area contributed by atoms with Crippen molar-refractivity contribution in [2.75, 3.05) is 6.61 Å². The van der Waals surface area contributed by atoms with E-state index in [4.69, 9.17) is 27.5 Å². The van der Waals surface area contributed by atoms with Crippen LogP contribution >= 0.6 is 11.6 Å². The molecule has 0 aliphatic carbocycles. The minimum absolute atomic E-state index is 0.0753. The maximum atomic E-state index is 7.55. The lowest BCUT2D eigenvalue weighted by Gasteiger charge is -2.11. The minimum atomic E-state index is -0.0753. The topological polar surface area (TPSA) is 59.1 Å². The number of nitrogens with one attached hydrogen (secondary N) is 1. The van der Waals surface area contributed by atoms with Gasteiger partial charge in [0.05, 0.1) is 17.2 Å². The van der Waals surface area contributed by atoms with Crippen molar-refractivity contribution in [2.24, 2.45) is 5.73 Å². The van der Waals surface area contributed by atoms with Crippen molar-refractivity contribution in [3.8, 4) is 5.75 Å². The van der Waals surface area contributed by atoms with Gasteiger partial charge >= 0.3 is 0 Å². The predicted molar refractivity (Wildman–Crippen MR) is 82.7 cm³/mol. The zero-order valence-electron chi connectivity index (χ0n) is 11.1. The quantitative estimate of drug-likeness (QED) is 0.484. The van der Waals surface area contributed by atoms with Gasteiger partial charge in [-0.1, -0.05) is 48.0 Å². The summed E-state index contributed by atoms with van der Waals surface area (Å²) < 4.78 is 5.70. The molecule has 0 atom stereocenters. The molecule has 0 bridgehead atoms. The summed E-state index contributed by atoms with van der Waals surface area (Å²) in [4.78, 5) is 0. The summed E-state index contributed by atoms with van der Waals surface area (Å²) in [6, 6.07) is 15.5. The van der Waals surface area contributed by atoms with Gasteiger partial charge < -0.3 is 10.5 Å². The molecule has 3 nitrogen and oxygen atoms in total. The highest BCUT2D eigenvalue weighted by Gasteiger charge is 2.10. The van der Waals surface area contributed by atoms with Crippen molar-refractivity contribution in [3.05, 3.63) is 64.7 Å². The van der Waals surface area contributed by atoms with Crippen molar-refractivity contribution in [2.45, 2.75) is 12.8 Å². The van der Waals surface area contributed by atoms with Crippen molar-refractivity contribution < 1.29 is 4.74 Å². The fraction of sp³-hybridized carbons (Fsp3) is 0.188. The van der Waals surface area contributed by atoms with Crippen LogP contribution in [-0.4, -0.2) is 12.4 Å². The molecule has 104 valence electrons. The molecule has 4 heteroatoms. The van der Waals surface area contributed by atoms with Gasteiger partial charge in [0, 0.05) is 0 Å². The molecule has 20 heavy (non-hydrogen) atoms. The zero-order chi connectivity index (χ0) is 14.4. The number of ether oxygens (including phenoxy) is 1. The van der Waals surface area contributed by atoms with Gasteiger partial charge in [-0.3, -0.25) is 5.41 Å². The van der Waals surface area contributed by atoms with E-state index in [-0.39, 0.29) is 5.84 Å². The van der Waals surface area contributed by atoms with E-state index in [1.54, 1.807) is 18.2 Å². The SMILES string of the molecule is N=C(N)c1c(Cl)cccc1OCCCc1ccccc1. The standard InChI is InChI=1S/C16H17ClN2O/c17-13-9-4-10-14(15(13)16(18)19)20-11-5-8-12-6-2-1-3-7-12/h1-4,6-7,9-10H,5,8,11H2,(H3,18,19). The Bertz CT molecular complexity index is 584. The smallest absolute Gasteiger partial charge is 0.131 e. The molecule has 0 heterocycles. The third-order valence-corrected chi connectivity index (χ3v) is 3.27. The van der Waals surface area contributed by atoms with Crippen LogP contribution in [0.2, 0.25) is 5.02 Å². The van der Waals surface area contributed by atoms with Crippen molar-refractivity contribution in [3.63, 3.8) is 0 Å². The Morgan fingerprint density at radius 3 is 2.55 bits per heavy atom. The van der Waals surface area contributed by atoms with Crippen LogP contribution in [0.4, 0.5) is 0 Å². The van der Waals surface area contributed by atoms with Gasteiger partial charge in [-0.15, -0.1) is 0 Å². The molecule has 2 aromatic rings. The van der Waals surface area contributed by atoms with E-state index < -0.39 is 0 Å². The molecule has 0 radical (unpaired) electrons. The van der Waals surface area contributed by atoms with Crippen molar-refractivity contribution in [1.82, 2.24) is 0 Å². The Kier molecular flexibility index (Phi) is 5.02. The van der Waals surface area contributed by atoms with Crippen LogP contribution in [0.5, 0.6) is 5.75 Å². The number of nitrogens with two attached hydrogens (primary N) is 1. The molecule has 2 rings (SSSR count). The van der Waals surface area contributed by atoms with E-state index in [9.17, 15) is 0 Å². The summed E-state index contributed by atoms with van der Waals surface area (Å²) in [5, 5.41) is 7.99. The molecule has 0 spiro atoms. The first-order chi connectivity index (χ1) is 9.68. The fourth-order valence-corrected chi connectivity index (χ4v) is 2.26. The minimum Gasteiger partial charge on any atom is -0.493 e. The van der Waals surface area contributed by atoms with E-state index in [1.807, 2.05) is 18.2 Å². The summed E-state index contributed by atoms with van der Waals surface area (Å²) >= 11 is 6.03. The lowest BCUT2D eigenvalue weighted by molar-refractivity contribution is 0.310. The molecule has 0 aliphatic heterocycles. The molecule has 3 N–H and O–H groups in total. The summed E-state index contributed by atoms with van der Waals surface area (Å²) in [6.45, 7) is 0.565. The largest absolute Gasteiger partial charge is 0.493 e. The molecule has 0 amide bonds. The molecule has 0 aliphatic rings. The number of amidine groups is 1. The lowest BCUT2D eigenvalue weighted by Crippen LogP contribution is -2.14. The van der Waals surface area contributed by atoms with Gasteiger partial charge in [0.2, 0.25) is 0 Å². The molecule has 0 saturated heterocycles. The van der Waals surface area contributed by atoms with Crippen molar-refractivity contribution in [1.29, 1.82) is 5.41 Å². The Balaban J connectivity index is 1.92. The molecule has 0 fully saturated rings. The second-order valence-corrected chi connectivity index (χ2v) is 4.87. The molecule has 0 saturated carbocycles. The highest BCUT2D eigenvalue weighted by atomic mass is 35.5. The number of rotatable bonds is 6. The second-order valence-electron chi connectivity index (χ2n) is 4.46. The highest BCUT2D eigenvalue weighted by Crippen LogP contribution is 2.26. The van der Waals surface area contributed by atoms with Crippen LogP contribution in [0.15, 0.2) is 48.5 Å². The Morgan fingerprint density at radius 1 is 1.10 bits per heavy atom. The van der Waals surface area contributed by atoms with E-state index in [0.717, 1.165) is 12.8 Å². The van der Waals surface area contributed by atoms with Gasteiger partial charge in [0.1, 0.15) is 11.6 Å². The first-order valence-corrected chi connectivity index (χ1v) is 6.86. The third-order valence-electron chi connectivity index (χ3n) is 2.95. The average molecular weight is 289 g/mol. The van der Waals surface area contributed by atoms with Crippen LogP contribution in [0.1, 0.15) is 17.5 Å². The van der Waals surface area contributed by atoms with Gasteiger partial charge in [-0.05, 0) is 30.5 Å². The lowest BCUT2D eigenvalue weighted by atomic mass is 10.1. The van der Waals surface area contributed by atoms with Gasteiger partial charge in [0.15, 0.2) is 0 Å². The Labute approximate surface area is 123 Å². The number of benzene rings is 2. The average Bonchev–Trinajstić information content (AvgIpc) is 2.44. The maximum absolute atomic E-state index is 7.55. The number of hydrogen-bond acceptors (Lipinski definition) is 2. The van der Waals surface area contributed by atoms with Crippen LogP contribution in [0.3, 0.4) is 0 Å². The Morgan fingerprint density at radius 2 is 1.85 bits per heavy atom. The molecule has 0 aromatic heterocycles. The summed E-state index contributed by atoms with van der Waals surface area (Å²) in [7, 11) is 0. The first-order valence-electron chi connectivity index (χ1n) is 6.48. The van der Waals surface area contributed by atoms with E-state index >= 15 is 0 Å².